The van der Waals surface area contributed by atoms with Crippen LogP contribution in [-0.2, 0) is 0 Å². The van der Waals surface area contributed by atoms with E-state index in [1.54, 1.807) is 30.3 Å². The molecule has 3 aromatic rings. The Hall–Kier alpha value is -2.20. The van der Waals surface area contributed by atoms with Crippen LogP contribution >= 0.6 is 11.6 Å². The van der Waals surface area contributed by atoms with Crippen LogP contribution < -0.4 is 5.56 Å². The Morgan fingerprint density at radius 1 is 1.11 bits per heavy atom. The molecule has 19 heavy (non-hydrogen) atoms. The number of halogens is 2. The highest BCUT2D eigenvalue weighted by atomic mass is 35.5. The van der Waals surface area contributed by atoms with Crippen molar-refractivity contribution in [1.29, 1.82) is 0 Å². The fourth-order valence-corrected chi connectivity index (χ4v) is 2.18. The maximum Gasteiger partial charge on any atom is 0.259 e. The molecule has 2 aromatic carbocycles. The van der Waals surface area contributed by atoms with Gasteiger partial charge in [0.15, 0.2) is 0 Å². The lowest BCUT2D eigenvalue weighted by Crippen LogP contribution is -2.10. The van der Waals surface area contributed by atoms with Crippen molar-refractivity contribution in [3.05, 3.63) is 63.7 Å². The summed E-state index contributed by atoms with van der Waals surface area (Å²) in [5, 5.41) is 0.664. The molecule has 0 fully saturated rings. The lowest BCUT2D eigenvalue weighted by molar-refractivity contribution is 0.630. The summed E-state index contributed by atoms with van der Waals surface area (Å²) in [6.07, 6.45) is 0. The molecule has 0 aliphatic carbocycles. The minimum atomic E-state index is -0.522. The number of hydrogen-bond donors (Lipinski definition) is 1. The average molecular weight is 275 g/mol. The minimum absolute atomic E-state index is 0.104. The van der Waals surface area contributed by atoms with Crippen LogP contribution in [0.4, 0.5) is 4.39 Å². The molecule has 0 saturated heterocycles. The van der Waals surface area contributed by atoms with Crippen LogP contribution in [0, 0.1) is 5.82 Å². The Balaban J connectivity index is 2.35. The Bertz CT molecular complexity index is 809. The van der Waals surface area contributed by atoms with Gasteiger partial charge in [0, 0.05) is 0 Å². The summed E-state index contributed by atoms with van der Waals surface area (Å²) < 4.78 is 13.8. The number of nitrogens with zero attached hydrogens (tertiary/aromatic N) is 1. The van der Waals surface area contributed by atoms with E-state index in [-0.39, 0.29) is 22.0 Å². The molecule has 3 rings (SSSR count). The summed E-state index contributed by atoms with van der Waals surface area (Å²) in [6.45, 7) is 0. The highest BCUT2D eigenvalue weighted by molar-refractivity contribution is 6.33. The molecule has 1 heterocycles. The summed E-state index contributed by atoms with van der Waals surface area (Å²) in [4.78, 5) is 18.7. The maximum absolute atomic E-state index is 13.8. The van der Waals surface area contributed by atoms with Crippen LogP contribution in [0.15, 0.2) is 47.3 Å². The third-order valence-electron chi connectivity index (χ3n) is 2.81. The zero-order valence-electron chi connectivity index (χ0n) is 9.65. The van der Waals surface area contributed by atoms with Gasteiger partial charge in [-0.05, 0) is 24.3 Å². The van der Waals surface area contributed by atoms with E-state index in [2.05, 4.69) is 9.97 Å². The highest BCUT2D eigenvalue weighted by Crippen LogP contribution is 2.27. The van der Waals surface area contributed by atoms with E-state index in [4.69, 9.17) is 11.6 Å². The van der Waals surface area contributed by atoms with Crippen LogP contribution in [0.3, 0.4) is 0 Å². The van der Waals surface area contributed by atoms with Crippen molar-refractivity contribution in [1.82, 2.24) is 9.97 Å². The first-order valence-corrected chi connectivity index (χ1v) is 5.98. The van der Waals surface area contributed by atoms with E-state index in [1.807, 2.05) is 0 Å². The fraction of sp³-hybridized carbons (Fsp3) is 0. The number of para-hydroxylation sites is 1. The topological polar surface area (TPSA) is 45.8 Å². The van der Waals surface area contributed by atoms with Crippen LogP contribution in [-0.4, -0.2) is 9.97 Å². The Morgan fingerprint density at radius 2 is 1.89 bits per heavy atom. The van der Waals surface area contributed by atoms with Gasteiger partial charge in [-0.2, -0.15) is 0 Å². The predicted octanol–water partition coefficient (Wildman–Crippen LogP) is 3.38. The number of nitrogens with one attached hydrogen (secondary N) is 1. The molecule has 0 radical (unpaired) electrons. The van der Waals surface area contributed by atoms with Crippen molar-refractivity contribution in [3.8, 4) is 11.4 Å². The zero-order valence-corrected chi connectivity index (χ0v) is 10.4. The third kappa shape index (κ3) is 2.00. The first-order valence-electron chi connectivity index (χ1n) is 5.60. The number of rotatable bonds is 1. The lowest BCUT2D eigenvalue weighted by Gasteiger charge is -2.06. The third-order valence-corrected chi connectivity index (χ3v) is 3.13. The second-order valence-electron chi connectivity index (χ2n) is 4.03. The second kappa shape index (κ2) is 4.48. The fourth-order valence-electron chi connectivity index (χ4n) is 1.93. The molecule has 0 unspecified atom stereocenters. The molecule has 5 heteroatoms. The smallest absolute Gasteiger partial charge is 0.259 e. The number of fused-ring (bicyclic) bond motifs is 1. The maximum atomic E-state index is 13.8. The van der Waals surface area contributed by atoms with E-state index >= 15 is 0 Å². The lowest BCUT2D eigenvalue weighted by atomic mass is 10.2. The van der Waals surface area contributed by atoms with Gasteiger partial charge in [-0.3, -0.25) is 4.79 Å². The van der Waals surface area contributed by atoms with Gasteiger partial charge in [0.2, 0.25) is 0 Å². The number of aromatic nitrogens is 2. The molecule has 0 atom stereocenters. The van der Waals surface area contributed by atoms with Gasteiger partial charge < -0.3 is 4.98 Å². The number of aromatic amines is 1. The Morgan fingerprint density at radius 3 is 2.68 bits per heavy atom. The van der Waals surface area contributed by atoms with Gasteiger partial charge in [-0.15, -0.1) is 0 Å². The first kappa shape index (κ1) is 11.9. The van der Waals surface area contributed by atoms with Crippen molar-refractivity contribution in [2.45, 2.75) is 0 Å². The Kier molecular flexibility index (Phi) is 2.80. The zero-order chi connectivity index (χ0) is 13.4. The number of H-pyrrole nitrogens is 1. The highest BCUT2D eigenvalue weighted by Gasteiger charge is 2.13. The van der Waals surface area contributed by atoms with Gasteiger partial charge in [-0.1, -0.05) is 29.8 Å². The summed E-state index contributed by atoms with van der Waals surface area (Å²) >= 11 is 5.97. The first-order chi connectivity index (χ1) is 9.16. The van der Waals surface area contributed by atoms with Crippen molar-refractivity contribution < 1.29 is 4.39 Å². The van der Waals surface area contributed by atoms with Gasteiger partial charge >= 0.3 is 0 Å². The molecular formula is C14H8ClFN2O. The van der Waals surface area contributed by atoms with E-state index in [1.165, 1.54) is 12.1 Å². The van der Waals surface area contributed by atoms with E-state index in [0.29, 0.717) is 10.9 Å². The number of hydrogen-bond acceptors (Lipinski definition) is 2. The van der Waals surface area contributed by atoms with Gasteiger partial charge in [0.25, 0.3) is 5.56 Å². The molecule has 0 aliphatic rings. The molecule has 1 aromatic heterocycles. The quantitative estimate of drug-likeness (QED) is 0.739. The molecule has 0 saturated carbocycles. The molecule has 0 bridgehead atoms. The normalized spacial score (nSPS) is 10.8. The van der Waals surface area contributed by atoms with E-state index in [0.717, 1.165) is 0 Å². The van der Waals surface area contributed by atoms with Gasteiger partial charge in [0.05, 0.1) is 21.5 Å². The number of benzene rings is 2. The molecular weight excluding hydrogens is 267 g/mol. The van der Waals surface area contributed by atoms with Crippen molar-refractivity contribution in [3.63, 3.8) is 0 Å². The largest absolute Gasteiger partial charge is 0.306 e. The molecule has 0 amide bonds. The molecule has 0 spiro atoms. The van der Waals surface area contributed by atoms with E-state index in [9.17, 15) is 9.18 Å². The van der Waals surface area contributed by atoms with Crippen molar-refractivity contribution in [2.75, 3.05) is 0 Å². The van der Waals surface area contributed by atoms with Crippen molar-refractivity contribution >= 4 is 22.5 Å². The van der Waals surface area contributed by atoms with Crippen LogP contribution in [0.25, 0.3) is 22.3 Å². The average Bonchev–Trinajstić information content (AvgIpc) is 2.38. The second-order valence-corrected chi connectivity index (χ2v) is 4.44. The monoisotopic (exact) mass is 274 g/mol. The SMILES string of the molecule is O=c1[nH]c(-c2c(F)cccc2Cl)nc2ccccc12. The van der Waals surface area contributed by atoms with Gasteiger partial charge in [-0.25, -0.2) is 9.37 Å². The van der Waals surface area contributed by atoms with Gasteiger partial charge in [0.1, 0.15) is 11.6 Å². The standard InChI is InChI=1S/C14H8ClFN2O/c15-9-5-3-6-10(16)12(9)13-17-11-7-2-1-4-8(11)14(19)18-13/h1-7H,(H,17,18,19). The predicted molar refractivity (Wildman–Crippen MR) is 72.8 cm³/mol. The summed E-state index contributed by atoms with van der Waals surface area (Å²) in [5.74, 6) is -0.391. The summed E-state index contributed by atoms with van der Waals surface area (Å²) in [5.41, 5.74) is 0.285. The van der Waals surface area contributed by atoms with Crippen LogP contribution in [0.2, 0.25) is 5.02 Å². The summed E-state index contributed by atoms with van der Waals surface area (Å²) in [7, 11) is 0. The summed E-state index contributed by atoms with van der Waals surface area (Å²) in [6, 6.07) is 11.2. The van der Waals surface area contributed by atoms with E-state index < -0.39 is 5.82 Å². The van der Waals surface area contributed by atoms with Crippen LogP contribution in [0.1, 0.15) is 0 Å². The van der Waals surface area contributed by atoms with Crippen LogP contribution in [0.5, 0.6) is 0 Å². The Labute approximate surface area is 112 Å². The molecule has 1 N–H and O–H groups in total. The molecule has 94 valence electrons. The van der Waals surface area contributed by atoms with Crippen molar-refractivity contribution in [2.24, 2.45) is 0 Å². The molecule has 3 nitrogen and oxygen atoms in total. The molecule has 0 aliphatic heterocycles. The minimum Gasteiger partial charge on any atom is -0.306 e.